The van der Waals surface area contributed by atoms with E-state index in [1.54, 1.807) is 39.1 Å². The summed E-state index contributed by atoms with van der Waals surface area (Å²) in [6.07, 6.45) is 1.24. The van der Waals surface area contributed by atoms with E-state index >= 15 is 0 Å². The van der Waals surface area contributed by atoms with E-state index in [1.165, 1.54) is 13.4 Å². The molecule has 19 heavy (non-hydrogen) atoms. The Labute approximate surface area is 120 Å². The van der Waals surface area contributed by atoms with Gasteiger partial charge in [0.15, 0.2) is 9.84 Å². The molecule has 0 fully saturated rings. The lowest BCUT2D eigenvalue weighted by molar-refractivity contribution is 0.409. The van der Waals surface area contributed by atoms with Crippen LogP contribution in [0.3, 0.4) is 0 Å². The first-order valence-electron chi connectivity index (χ1n) is 5.85. The maximum Gasteiger partial charge on any atom is 0.154 e. The number of nitrogens with one attached hydrogen (secondary N) is 1. The van der Waals surface area contributed by atoms with Gasteiger partial charge in [0.25, 0.3) is 0 Å². The standard InChI is InChI=1S/C13H20ClNO3S/c1-13(2,19(5,16)17)12(15-3)9-6-7-10(14)11(8-9)18-4/h6-8,12,15H,1-5H3. The third-order valence-corrected chi connectivity index (χ3v) is 5.91. The lowest BCUT2D eigenvalue weighted by atomic mass is 9.95. The molecule has 0 amide bonds. The van der Waals surface area contributed by atoms with Crippen LogP contribution >= 0.6 is 11.6 Å². The molecule has 0 bridgehead atoms. The van der Waals surface area contributed by atoms with Crippen LogP contribution in [0.2, 0.25) is 5.02 Å². The second-order valence-electron chi connectivity index (χ2n) is 4.99. The number of ether oxygens (including phenoxy) is 1. The second-order valence-corrected chi connectivity index (χ2v) is 8.00. The lowest BCUT2D eigenvalue weighted by Crippen LogP contribution is -2.43. The van der Waals surface area contributed by atoms with E-state index in [-0.39, 0.29) is 6.04 Å². The summed E-state index contributed by atoms with van der Waals surface area (Å²) in [6, 6.07) is 4.92. The molecule has 0 saturated carbocycles. The van der Waals surface area contributed by atoms with Crippen molar-refractivity contribution in [2.45, 2.75) is 24.6 Å². The van der Waals surface area contributed by atoms with Crippen molar-refractivity contribution in [3.05, 3.63) is 28.8 Å². The van der Waals surface area contributed by atoms with Gasteiger partial charge in [0, 0.05) is 6.26 Å². The van der Waals surface area contributed by atoms with Crippen molar-refractivity contribution in [3.8, 4) is 5.75 Å². The Morgan fingerprint density at radius 1 is 1.37 bits per heavy atom. The van der Waals surface area contributed by atoms with E-state index in [9.17, 15) is 8.42 Å². The van der Waals surface area contributed by atoms with Crippen molar-refractivity contribution in [1.82, 2.24) is 5.32 Å². The van der Waals surface area contributed by atoms with Crippen LogP contribution in [0, 0.1) is 0 Å². The molecule has 0 aliphatic rings. The zero-order chi connectivity index (χ0) is 14.8. The number of hydrogen-bond donors (Lipinski definition) is 1. The van der Waals surface area contributed by atoms with E-state index in [4.69, 9.17) is 16.3 Å². The molecule has 0 radical (unpaired) electrons. The van der Waals surface area contributed by atoms with Crippen LogP contribution in [-0.2, 0) is 9.84 Å². The predicted molar refractivity (Wildman–Crippen MR) is 78.7 cm³/mol. The molecule has 4 nitrogen and oxygen atoms in total. The van der Waals surface area contributed by atoms with Gasteiger partial charge < -0.3 is 10.1 Å². The molecule has 0 aromatic heterocycles. The van der Waals surface area contributed by atoms with E-state index in [1.807, 2.05) is 0 Å². The first kappa shape index (κ1) is 16.3. The first-order chi connectivity index (χ1) is 8.65. The zero-order valence-electron chi connectivity index (χ0n) is 11.8. The second kappa shape index (κ2) is 5.69. The van der Waals surface area contributed by atoms with Crippen LogP contribution in [0.4, 0.5) is 0 Å². The fraction of sp³-hybridized carbons (Fsp3) is 0.538. The predicted octanol–water partition coefficient (Wildman–Crippen LogP) is 2.43. The minimum absolute atomic E-state index is 0.353. The summed E-state index contributed by atoms with van der Waals surface area (Å²) in [7, 11) is 0.0358. The maximum atomic E-state index is 12.0. The van der Waals surface area contributed by atoms with Gasteiger partial charge in [-0.3, -0.25) is 0 Å². The lowest BCUT2D eigenvalue weighted by Gasteiger charge is -2.33. The summed E-state index contributed by atoms with van der Waals surface area (Å²) < 4.78 is 28.1. The summed E-state index contributed by atoms with van der Waals surface area (Å²) in [5.41, 5.74) is 0.819. The molecule has 1 aromatic carbocycles. The average molecular weight is 306 g/mol. The van der Waals surface area contributed by atoms with Crippen molar-refractivity contribution in [2.24, 2.45) is 0 Å². The molecule has 108 valence electrons. The minimum atomic E-state index is -3.23. The highest BCUT2D eigenvalue weighted by Crippen LogP contribution is 2.35. The van der Waals surface area contributed by atoms with Gasteiger partial charge in [0.2, 0.25) is 0 Å². The topological polar surface area (TPSA) is 55.4 Å². The Morgan fingerprint density at radius 2 is 1.95 bits per heavy atom. The van der Waals surface area contributed by atoms with E-state index < -0.39 is 14.6 Å². The van der Waals surface area contributed by atoms with Gasteiger partial charge in [-0.1, -0.05) is 17.7 Å². The smallest absolute Gasteiger partial charge is 0.154 e. The van der Waals surface area contributed by atoms with E-state index in [2.05, 4.69) is 5.32 Å². The minimum Gasteiger partial charge on any atom is -0.495 e. The third kappa shape index (κ3) is 3.22. The fourth-order valence-electron chi connectivity index (χ4n) is 1.99. The molecule has 1 unspecified atom stereocenters. The maximum absolute atomic E-state index is 12.0. The van der Waals surface area contributed by atoms with Gasteiger partial charge in [-0.2, -0.15) is 0 Å². The number of hydrogen-bond acceptors (Lipinski definition) is 4. The Balaban J connectivity index is 3.32. The molecule has 0 heterocycles. The highest BCUT2D eigenvalue weighted by molar-refractivity contribution is 7.92. The molecule has 0 saturated heterocycles. The molecule has 0 spiro atoms. The Morgan fingerprint density at radius 3 is 2.37 bits per heavy atom. The molecule has 1 aromatic rings. The van der Waals surface area contributed by atoms with Gasteiger partial charge in [0.1, 0.15) is 5.75 Å². The summed E-state index contributed by atoms with van der Waals surface area (Å²) in [6.45, 7) is 3.40. The van der Waals surface area contributed by atoms with Gasteiger partial charge in [-0.25, -0.2) is 8.42 Å². The normalized spacial score (nSPS) is 14.2. The van der Waals surface area contributed by atoms with Crippen LogP contribution < -0.4 is 10.1 Å². The first-order valence-corrected chi connectivity index (χ1v) is 8.12. The van der Waals surface area contributed by atoms with Crippen LogP contribution in [0.1, 0.15) is 25.5 Å². The highest BCUT2D eigenvalue weighted by atomic mass is 35.5. The fourth-order valence-corrected chi connectivity index (χ4v) is 2.86. The Bertz CT molecular complexity index is 555. The van der Waals surface area contributed by atoms with Crippen molar-refractivity contribution < 1.29 is 13.2 Å². The molecule has 1 atom stereocenters. The largest absolute Gasteiger partial charge is 0.495 e. The monoisotopic (exact) mass is 305 g/mol. The summed E-state index contributed by atoms with van der Waals surface area (Å²) >= 11 is 5.98. The van der Waals surface area contributed by atoms with E-state index in [0.29, 0.717) is 10.8 Å². The van der Waals surface area contributed by atoms with Crippen LogP contribution in [0.5, 0.6) is 5.75 Å². The SMILES string of the molecule is CNC(c1ccc(Cl)c(OC)c1)C(C)(C)S(C)(=O)=O. The molecule has 0 aliphatic carbocycles. The summed E-state index contributed by atoms with van der Waals surface area (Å²) in [4.78, 5) is 0. The number of methoxy groups -OCH3 is 1. The Kier molecular flexibility index (Phi) is 4.87. The van der Waals surface area contributed by atoms with Gasteiger partial charge >= 0.3 is 0 Å². The highest BCUT2D eigenvalue weighted by Gasteiger charge is 2.39. The van der Waals surface area contributed by atoms with E-state index in [0.717, 1.165) is 5.56 Å². The average Bonchev–Trinajstić information content (AvgIpc) is 2.30. The number of rotatable bonds is 5. The molecule has 6 heteroatoms. The van der Waals surface area contributed by atoms with Crippen molar-refractivity contribution in [2.75, 3.05) is 20.4 Å². The molecule has 1 rings (SSSR count). The number of halogens is 1. The van der Waals surface area contributed by atoms with Crippen LogP contribution in [0.25, 0.3) is 0 Å². The molecule has 0 aliphatic heterocycles. The third-order valence-electron chi connectivity index (χ3n) is 3.45. The summed E-state index contributed by atoms with van der Waals surface area (Å²) in [5, 5.41) is 3.56. The molecular formula is C13H20ClNO3S. The van der Waals surface area contributed by atoms with Crippen LogP contribution in [0.15, 0.2) is 18.2 Å². The van der Waals surface area contributed by atoms with Gasteiger partial charge in [-0.15, -0.1) is 0 Å². The van der Waals surface area contributed by atoms with Crippen LogP contribution in [-0.4, -0.2) is 33.6 Å². The van der Waals surface area contributed by atoms with Crippen molar-refractivity contribution in [1.29, 1.82) is 0 Å². The summed E-state index contributed by atoms with van der Waals surface area (Å²) in [5.74, 6) is 0.531. The number of sulfone groups is 1. The molecular weight excluding hydrogens is 286 g/mol. The Hall–Kier alpha value is -0.780. The molecule has 1 N–H and O–H groups in total. The zero-order valence-corrected chi connectivity index (χ0v) is 13.4. The van der Waals surface area contributed by atoms with Gasteiger partial charge in [0.05, 0.1) is 22.9 Å². The van der Waals surface area contributed by atoms with Crippen molar-refractivity contribution in [3.63, 3.8) is 0 Å². The van der Waals surface area contributed by atoms with Gasteiger partial charge in [-0.05, 0) is 38.6 Å². The number of benzene rings is 1. The van der Waals surface area contributed by atoms with Crippen molar-refractivity contribution >= 4 is 21.4 Å². The quantitative estimate of drug-likeness (QED) is 0.908.